The van der Waals surface area contributed by atoms with Gasteiger partial charge >= 0.3 is 6.18 Å². The number of anilines is 1. The third kappa shape index (κ3) is 2.32. The highest BCUT2D eigenvalue weighted by atomic mass is 19.4. The van der Waals surface area contributed by atoms with E-state index in [0.29, 0.717) is 5.69 Å². The Morgan fingerprint density at radius 2 is 1.85 bits per heavy atom. The van der Waals surface area contributed by atoms with Crippen molar-refractivity contribution in [3.63, 3.8) is 0 Å². The van der Waals surface area contributed by atoms with Crippen LogP contribution in [0.25, 0.3) is 5.65 Å². The number of hydrogen-bond donors (Lipinski definition) is 1. The second-order valence-corrected chi connectivity index (χ2v) is 5.24. The summed E-state index contributed by atoms with van der Waals surface area (Å²) in [6.45, 7) is 0. The van der Waals surface area contributed by atoms with Crippen molar-refractivity contribution in [3.8, 4) is 0 Å². The van der Waals surface area contributed by atoms with Gasteiger partial charge in [-0.15, -0.1) is 0 Å². The molecule has 0 unspecified atom stereocenters. The van der Waals surface area contributed by atoms with Crippen LogP contribution >= 0.6 is 0 Å². The Balaban J connectivity index is 2.10. The van der Waals surface area contributed by atoms with Gasteiger partial charge in [0.15, 0.2) is 11.3 Å². The standard InChI is InChI=1S/C13H15F3N4/c14-13(15,16)10-7-11(17)18-12-6-9(19-20(10)12)8-4-2-1-3-5-8/h6-8H,1-5H2,(H2,17,18). The minimum Gasteiger partial charge on any atom is -0.384 e. The lowest BCUT2D eigenvalue weighted by Crippen LogP contribution is -2.14. The van der Waals surface area contributed by atoms with E-state index in [1.54, 1.807) is 6.07 Å². The van der Waals surface area contributed by atoms with E-state index < -0.39 is 11.9 Å². The first-order valence-electron chi connectivity index (χ1n) is 6.68. The smallest absolute Gasteiger partial charge is 0.384 e. The predicted molar refractivity (Wildman–Crippen MR) is 68.2 cm³/mol. The number of alkyl halides is 3. The van der Waals surface area contributed by atoms with Crippen molar-refractivity contribution in [1.82, 2.24) is 14.6 Å². The highest BCUT2D eigenvalue weighted by Crippen LogP contribution is 2.34. The zero-order valence-corrected chi connectivity index (χ0v) is 10.8. The summed E-state index contributed by atoms with van der Waals surface area (Å²) in [5.74, 6) is 0.0904. The normalized spacial score (nSPS) is 17.8. The Bertz CT molecular complexity index is 626. The first-order valence-corrected chi connectivity index (χ1v) is 6.68. The Hall–Kier alpha value is -1.79. The second kappa shape index (κ2) is 4.64. The molecule has 2 aromatic heterocycles. The molecule has 0 atom stereocenters. The highest BCUT2D eigenvalue weighted by molar-refractivity contribution is 5.48. The highest BCUT2D eigenvalue weighted by Gasteiger charge is 2.35. The monoisotopic (exact) mass is 284 g/mol. The second-order valence-electron chi connectivity index (χ2n) is 5.24. The van der Waals surface area contributed by atoms with Crippen LogP contribution in [0.4, 0.5) is 19.0 Å². The Kier molecular flexibility index (Phi) is 3.07. The first kappa shape index (κ1) is 13.2. The van der Waals surface area contributed by atoms with Gasteiger partial charge in [-0.1, -0.05) is 19.3 Å². The molecule has 0 spiro atoms. The number of hydrogen-bond acceptors (Lipinski definition) is 3. The Labute approximate surface area is 113 Å². The third-order valence-electron chi connectivity index (χ3n) is 3.78. The molecule has 1 aliphatic rings. The van der Waals surface area contributed by atoms with E-state index in [-0.39, 0.29) is 17.4 Å². The van der Waals surface area contributed by atoms with Gasteiger partial charge in [-0.3, -0.25) is 0 Å². The number of halogens is 3. The van der Waals surface area contributed by atoms with E-state index in [1.807, 2.05) is 0 Å². The van der Waals surface area contributed by atoms with Crippen LogP contribution in [0.2, 0.25) is 0 Å². The van der Waals surface area contributed by atoms with Crippen molar-refractivity contribution >= 4 is 11.5 Å². The maximum Gasteiger partial charge on any atom is 0.433 e. The molecule has 1 saturated carbocycles. The van der Waals surface area contributed by atoms with Crippen LogP contribution in [-0.2, 0) is 6.18 Å². The van der Waals surface area contributed by atoms with Gasteiger partial charge < -0.3 is 5.73 Å². The van der Waals surface area contributed by atoms with Crippen molar-refractivity contribution in [3.05, 3.63) is 23.5 Å². The van der Waals surface area contributed by atoms with E-state index in [0.717, 1.165) is 36.3 Å². The maximum absolute atomic E-state index is 13.0. The van der Waals surface area contributed by atoms with Crippen molar-refractivity contribution < 1.29 is 13.2 Å². The first-order chi connectivity index (χ1) is 9.45. The number of aromatic nitrogens is 3. The van der Waals surface area contributed by atoms with Gasteiger partial charge in [0.2, 0.25) is 0 Å². The topological polar surface area (TPSA) is 56.2 Å². The number of rotatable bonds is 1. The van der Waals surface area contributed by atoms with Gasteiger partial charge in [-0.05, 0) is 12.8 Å². The molecule has 2 heterocycles. The minimum atomic E-state index is -4.49. The van der Waals surface area contributed by atoms with Gasteiger partial charge in [-0.25, -0.2) is 9.50 Å². The van der Waals surface area contributed by atoms with Crippen LogP contribution in [0, 0.1) is 0 Å². The molecular weight excluding hydrogens is 269 g/mol. The molecule has 0 saturated heterocycles. The molecule has 20 heavy (non-hydrogen) atoms. The fourth-order valence-corrected chi connectivity index (χ4v) is 2.81. The number of fused-ring (bicyclic) bond motifs is 1. The summed E-state index contributed by atoms with van der Waals surface area (Å²) >= 11 is 0. The minimum absolute atomic E-state index is 0.139. The Morgan fingerprint density at radius 3 is 2.50 bits per heavy atom. The summed E-state index contributed by atoms with van der Waals surface area (Å²) in [6.07, 6.45) is 0.829. The van der Waals surface area contributed by atoms with Crippen molar-refractivity contribution in [2.45, 2.75) is 44.2 Å². The van der Waals surface area contributed by atoms with Gasteiger partial charge in [-0.2, -0.15) is 18.3 Å². The average Bonchev–Trinajstić information content (AvgIpc) is 2.81. The van der Waals surface area contributed by atoms with Gasteiger partial charge in [0, 0.05) is 18.1 Å². The van der Waals surface area contributed by atoms with Crippen molar-refractivity contribution in [2.24, 2.45) is 0 Å². The summed E-state index contributed by atoms with van der Waals surface area (Å²) in [4.78, 5) is 3.94. The molecule has 3 rings (SSSR count). The molecular formula is C13H15F3N4. The van der Waals surface area contributed by atoms with E-state index in [1.165, 1.54) is 6.42 Å². The lowest BCUT2D eigenvalue weighted by Gasteiger charge is -2.19. The maximum atomic E-state index is 13.0. The van der Waals surface area contributed by atoms with E-state index in [9.17, 15) is 13.2 Å². The van der Waals surface area contributed by atoms with Crippen LogP contribution in [-0.4, -0.2) is 14.6 Å². The zero-order valence-electron chi connectivity index (χ0n) is 10.8. The molecule has 7 heteroatoms. The molecule has 0 aromatic carbocycles. The molecule has 0 amide bonds. The summed E-state index contributed by atoms with van der Waals surface area (Å²) in [5, 5.41) is 4.12. The number of nitrogen functional groups attached to an aromatic ring is 1. The summed E-state index contributed by atoms with van der Waals surface area (Å²) in [5.41, 5.74) is 5.44. The average molecular weight is 284 g/mol. The summed E-state index contributed by atoms with van der Waals surface area (Å²) < 4.78 is 39.9. The van der Waals surface area contributed by atoms with Crippen molar-refractivity contribution in [1.29, 1.82) is 0 Å². The molecule has 108 valence electrons. The fourth-order valence-electron chi connectivity index (χ4n) is 2.81. The van der Waals surface area contributed by atoms with Gasteiger partial charge in [0.1, 0.15) is 5.82 Å². The molecule has 0 aliphatic heterocycles. The molecule has 0 bridgehead atoms. The van der Waals surface area contributed by atoms with Crippen LogP contribution < -0.4 is 5.73 Å². The van der Waals surface area contributed by atoms with E-state index in [2.05, 4.69) is 10.1 Å². The summed E-state index contributed by atoms with van der Waals surface area (Å²) in [6, 6.07) is 2.45. The predicted octanol–water partition coefficient (Wildman–Crippen LogP) is 3.38. The van der Waals surface area contributed by atoms with Crippen molar-refractivity contribution in [2.75, 3.05) is 5.73 Å². The van der Waals surface area contributed by atoms with E-state index in [4.69, 9.17) is 5.73 Å². The Morgan fingerprint density at radius 1 is 1.15 bits per heavy atom. The van der Waals surface area contributed by atoms with E-state index >= 15 is 0 Å². The molecule has 2 aromatic rings. The SMILES string of the molecule is Nc1cc(C(F)(F)F)n2nc(C3CCCCC3)cc2n1. The van der Waals surface area contributed by atoms with Crippen LogP contribution in [0.1, 0.15) is 49.4 Å². The largest absolute Gasteiger partial charge is 0.433 e. The number of nitrogens with two attached hydrogens (primary N) is 1. The van der Waals surface area contributed by atoms with Gasteiger partial charge in [0.25, 0.3) is 0 Å². The van der Waals surface area contributed by atoms with Crippen LogP contribution in [0.15, 0.2) is 12.1 Å². The van der Waals surface area contributed by atoms with Gasteiger partial charge in [0.05, 0.1) is 5.69 Å². The number of nitrogens with zero attached hydrogens (tertiary/aromatic N) is 3. The summed E-state index contributed by atoms with van der Waals surface area (Å²) in [7, 11) is 0. The molecule has 0 radical (unpaired) electrons. The third-order valence-corrected chi connectivity index (χ3v) is 3.78. The molecule has 1 fully saturated rings. The molecule has 4 nitrogen and oxygen atoms in total. The fraction of sp³-hybridized carbons (Fsp3) is 0.538. The lowest BCUT2D eigenvalue weighted by atomic mass is 9.87. The van der Waals surface area contributed by atoms with Crippen LogP contribution in [0.5, 0.6) is 0 Å². The zero-order chi connectivity index (χ0) is 14.3. The van der Waals surface area contributed by atoms with Crippen LogP contribution in [0.3, 0.4) is 0 Å². The molecule has 2 N–H and O–H groups in total. The molecule has 1 aliphatic carbocycles. The quantitative estimate of drug-likeness (QED) is 0.873. The lowest BCUT2D eigenvalue weighted by molar-refractivity contribution is -0.142.